The molecule has 0 bridgehead atoms. The van der Waals surface area contributed by atoms with E-state index in [-0.39, 0.29) is 0 Å². The van der Waals surface area contributed by atoms with Crippen molar-refractivity contribution in [3.63, 3.8) is 0 Å². The average Bonchev–Trinajstić information content (AvgIpc) is 2.54. The molecule has 1 aliphatic heterocycles. The highest BCUT2D eigenvalue weighted by Gasteiger charge is 2.31. The van der Waals surface area contributed by atoms with Crippen molar-refractivity contribution in [3.8, 4) is 0 Å². The van der Waals surface area contributed by atoms with Crippen LogP contribution in [-0.2, 0) is 16.8 Å². The number of nitrogens with zero attached hydrogens (tertiary/aromatic N) is 2. The highest BCUT2D eigenvalue weighted by Crippen LogP contribution is 2.22. The smallest absolute Gasteiger partial charge is 0.282 e. The molecule has 1 heterocycles. The topological polar surface area (TPSA) is 52.7 Å². The lowest BCUT2D eigenvalue weighted by Crippen LogP contribution is -2.47. The van der Waals surface area contributed by atoms with Gasteiger partial charge in [0.1, 0.15) is 0 Å². The summed E-state index contributed by atoms with van der Waals surface area (Å²) < 4.78 is 28.9. The minimum atomic E-state index is -3.36. The van der Waals surface area contributed by atoms with Gasteiger partial charge in [-0.25, -0.2) is 0 Å². The standard InChI is InChI=1S/C16H27N3O2S/c1-3-18(14-16-7-5-4-6-8-16)22(20,21)19-11-9-15(10-12-19)13-17-2/h4-8,15,17H,3,9-14H2,1-2H3. The number of rotatable bonds is 7. The molecule has 6 heteroatoms. The normalized spacial score (nSPS) is 18.0. The molecular weight excluding hydrogens is 298 g/mol. The lowest BCUT2D eigenvalue weighted by molar-refractivity contribution is 0.251. The molecule has 1 fully saturated rings. The SMILES string of the molecule is CCN(Cc1ccccc1)S(=O)(=O)N1CCC(CNC)CC1. The summed E-state index contributed by atoms with van der Waals surface area (Å²) in [5.74, 6) is 0.584. The van der Waals surface area contributed by atoms with Crippen LogP contribution in [0.25, 0.3) is 0 Å². The van der Waals surface area contributed by atoms with Crippen LogP contribution in [0.3, 0.4) is 0 Å². The van der Waals surface area contributed by atoms with Gasteiger partial charge in [-0.05, 0) is 37.9 Å². The molecule has 22 heavy (non-hydrogen) atoms. The first-order valence-corrected chi connectivity index (χ1v) is 9.41. The summed E-state index contributed by atoms with van der Waals surface area (Å²) in [6.45, 7) is 5.05. The number of hydrogen-bond acceptors (Lipinski definition) is 3. The minimum Gasteiger partial charge on any atom is -0.319 e. The van der Waals surface area contributed by atoms with Crippen LogP contribution in [0.5, 0.6) is 0 Å². The third-order valence-electron chi connectivity index (χ3n) is 4.27. The van der Waals surface area contributed by atoms with Crippen molar-refractivity contribution in [1.29, 1.82) is 0 Å². The van der Waals surface area contributed by atoms with Gasteiger partial charge in [-0.15, -0.1) is 0 Å². The van der Waals surface area contributed by atoms with Crippen LogP contribution in [-0.4, -0.2) is 50.3 Å². The van der Waals surface area contributed by atoms with E-state index in [4.69, 9.17) is 0 Å². The number of hydrogen-bond donors (Lipinski definition) is 1. The second-order valence-corrected chi connectivity index (χ2v) is 7.75. The zero-order chi connectivity index (χ0) is 16.0. The Bertz CT molecular complexity index is 540. The Kier molecular flexibility index (Phi) is 6.37. The van der Waals surface area contributed by atoms with Crippen LogP contribution in [0.2, 0.25) is 0 Å². The van der Waals surface area contributed by atoms with Crippen molar-refractivity contribution in [2.75, 3.05) is 33.2 Å². The number of piperidine rings is 1. The van der Waals surface area contributed by atoms with Crippen molar-refractivity contribution in [2.45, 2.75) is 26.3 Å². The summed E-state index contributed by atoms with van der Waals surface area (Å²) in [5.41, 5.74) is 1.03. The molecule has 0 spiro atoms. The van der Waals surface area contributed by atoms with Gasteiger partial charge in [0.2, 0.25) is 0 Å². The Morgan fingerprint density at radius 3 is 2.41 bits per heavy atom. The van der Waals surface area contributed by atoms with Crippen molar-refractivity contribution < 1.29 is 8.42 Å². The fourth-order valence-corrected chi connectivity index (χ4v) is 4.58. The van der Waals surface area contributed by atoms with E-state index < -0.39 is 10.2 Å². The van der Waals surface area contributed by atoms with Gasteiger partial charge in [0.15, 0.2) is 0 Å². The monoisotopic (exact) mass is 325 g/mol. The van der Waals surface area contributed by atoms with Gasteiger partial charge in [-0.1, -0.05) is 37.3 Å². The Balaban J connectivity index is 2.01. The number of nitrogens with one attached hydrogen (secondary N) is 1. The summed E-state index contributed by atoms with van der Waals surface area (Å²) in [6.07, 6.45) is 1.87. The zero-order valence-corrected chi connectivity index (χ0v) is 14.3. The second-order valence-electron chi connectivity index (χ2n) is 5.82. The highest BCUT2D eigenvalue weighted by atomic mass is 32.2. The molecule has 0 aromatic heterocycles. The first-order valence-electron chi connectivity index (χ1n) is 8.01. The quantitative estimate of drug-likeness (QED) is 0.830. The predicted octanol–water partition coefficient (Wildman–Crippen LogP) is 1.68. The summed E-state index contributed by atoms with van der Waals surface area (Å²) >= 11 is 0. The van der Waals surface area contributed by atoms with Gasteiger partial charge in [0.05, 0.1) is 0 Å². The molecule has 1 N–H and O–H groups in total. The Labute approximate surface area is 134 Å². The third-order valence-corrected chi connectivity index (χ3v) is 6.33. The second kappa shape index (κ2) is 8.06. The Morgan fingerprint density at radius 2 is 1.86 bits per heavy atom. The maximum atomic E-state index is 12.8. The fourth-order valence-electron chi connectivity index (χ4n) is 2.94. The maximum Gasteiger partial charge on any atom is 0.282 e. The van der Waals surface area contributed by atoms with Crippen LogP contribution in [0.15, 0.2) is 30.3 Å². The molecule has 1 aromatic rings. The van der Waals surface area contributed by atoms with E-state index in [9.17, 15) is 8.42 Å². The molecule has 5 nitrogen and oxygen atoms in total. The molecule has 0 unspecified atom stereocenters. The van der Waals surface area contributed by atoms with Crippen molar-refractivity contribution in [2.24, 2.45) is 5.92 Å². The van der Waals surface area contributed by atoms with Crippen LogP contribution in [0.1, 0.15) is 25.3 Å². The molecule has 0 aliphatic carbocycles. The molecule has 0 atom stereocenters. The van der Waals surface area contributed by atoms with E-state index in [2.05, 4.69) is 5.32 Å². The summed E-state index contributed by atoms with van der Waals surface area (Å²) in [6, 6.07) is 9.77. The lowest BCUT2D eigenvalue weighted by Gasteiger charge is -2.34. The van der Waals surface area contributed by atoms with E-state index >= 15 is 0 Å². The molecule has 0 saturated carbocycles. The summed E-state index contributed by atoms with van der Waals surface area (Å²) in [7, 11) is -1.42. The molecule has 1 aliphatic rings. The maximum absolute atomic E-state index is 12.8. The average molecular weight is 325 g/mol. The van der Waals surface area contributed by atoms with E-state index in [1.165, 1.54) is 0 Å². The fraction of sp³-hybridized carbons (Fsp3) is 0.625. The van der Waals surface area contributed by atoms with Crippen LogP contribution >= 0.6 is 0 Å². The Hall–Kier alpha value is -0.950. The van der Waals surface area contributed by atoms with E-state index in [0.29, 0.717) is 32.1 Å². The van der Waals surface area contributed by atoms with Crippen LogP contribution in [0.4, 0.5) is 0 Å². The minimum absolute atomic E-state index is 0.441. The van der Waals surface area contributed by atoms with Gasteiger partial charge in [0.25, 0.3) is 10.2 Å². The van der Waals surface area contributed by atoms with E-state index in [1.54, 1.807) is 8.61 Å². The predicted molar refractivity (Wildman–Crippen MR) is 89.7 cm³/mol. The van der Waals surface area contributed by atoms with Gasteiger partial charge in [-0.2, -0.15) is 17.0 Å². The summed E-state index contributed by atoms with van der Waals surface area (Å²) in [4.78, 5) is 0. The van der Waals surface area contributed by atoms with E-state index in [1.807, 2.05) is 44.3 Å². The molecule has 2 rings (SSSR count). The lowest BCUT2D eigenvalue weighted by atomic mass is 9.98. The summed E-state index contributed by atoms with van der Waals surface area (Å²) in [5, 5.41) is 3.18. The number of benzene rings is 1. The first kappa shape index (κ1) is 17.4. The van der Waals surface area contributed by atoms with Crippen molar-refractivity contribution >= 4 is 10.2 Å². The molecule has 0 radical (unpaired) electrons. The van der Waals surface area contributed by atoms with Gasteiger partial charge >= 0.3 is 0 Å². The van der Waals surface area contributed by atoms with Crippen LogP contribution in [0, 0.1) is 5.92 Å². The van der Waals surface area contributed by atoms with Crippen molar-refractivity contribution in [1.82, 2.24) is 13.9 Å². The molecule has 1 aromatic carbocycles. The Morgan fingerprint density at radius 1 is 1.23 bits per heavy atom. The largest absolute Gasteiger partial charge is 0.319 e. The van der Waals surface area contributed by atoms with Crippen molar-refractivity contribution in [3.05, 3.63) is 35.9 Å². The highest BCUT2D eigenvalue weighted by molar-refractivity contribution is 7.86. The molecular formula is C16H27N3O2S. The molecule has 124 valence electrons. The van der Waals surface area contributed by atoms with Crippen LogP contribution < -0.4 is 5.32 Å². The van der Waals surface area contributed by atoms with Gasteiger partial charge in [-0.3, -0.25) is 0 Å². The third kappa shape index (κ3) is 4.29. The first-order chi connectivity index (χ1) is 10.6. The zero-order valence-electron chi connectivity index (χ0n) is 13.5. The van der Waals surface area contributed by atoms with Gasteiger partial charge < -0.3 is 5.32 Å². The molecule has 1 saturated heterocycles. The van der Waals surface area contributed by atoms with Gasteiger partial charge in [0, 0.05) is 26.2 Å². The van der Waals surface area contributed by atoms with E-state index in [0.717, 1.165) is 24.9 Å². The molecule has 0 amide bonds.